The van der Waals surface area contributed by atoms with E-state index in [2.05, 4.69) is 57.5 Å². The average molecular weight is 363 g/mol. The van der Waals surface area contributed by atoms with E-state index in [-0.39, 0.29) is 0 Å². The second kappa shape index (κ2) is 5.63. The molecule has 28 heavy (non-hydrogen) atoms. The molecular formula is C23H17N5. The quantitative estimate of drug-likeness (QED) is 0.414. The minimum atomic E-state index is 0.615. The summed E-state index contributed by atoms with van der Waals surface area (Å²) in [7, 11) is 0. The van der Waals surface area contributed by atoms with E-state index in [1.807, 2.05) is 30.6 Å². The van der Waals surface area contributed by atoms with Crippen LogP contribution in [0.15, 0.2) is 65.9 Å². The van der Waals surface area contributed by atoms with E-state index < -0.39 is 0 Å². The Balaban J connectivity index is 1.62. The Morgan fingerprint density at radius 2 is 1.54 bits per heavy atom. The van der Waals surface area contributed by atoms with Gasteiger partial charge in [-0.25, -0.2) is 0 Å². The lowest BCUT2D eigenvalue weighted by atomic mass is 9.98. The van der Waals surface area contributed by atoms with Crippen molar-refractivity contribution < 1.29 is 0 Å². The molecule has 0 spiro atoms. The molecule has 2 N–H and O–H groups in total. The fourth-order valence-electron chi connectivity index (χ4n) is 4.28. The topological polar surface area (TPSA) is 66.0 Å². The molecule has 0 atom stereocenters. The molecule has 0 amide bonds. The van der Waals surface area contributed by atoms with Crippen LogP contribution in [-0.4, -0.2) is 20.8 Å². The molecule has 5 aromatic rings. The second-order valence-electron chi connectivity index (χ2n) is 7.11. The van der Waals surface area contributed by atoms with Crippen LogP contribution in [0.25, 0.3) is 32.7 Å². The number of rotatable bonds is 1. The molecule has 2 aromatic carbocycles. The molecule has 5 heteroatoms. The van der Waals surface area contributed by atoms with Gasteiger partial charge in [0, 0.05) is 50.9 Å². The van der Waals surface area contributed by atoms with Crippen molar-refractivity contribution in [3.8, 4) is 0 Å². The normalized spacial score (nSPS) is 13.5. The molecule has 134 valence electrons. The number of nitrogens with one attached hydrogen (secondary N) is 2. The Morgan fingerprint density at radius 3 is 2.39 bits per heavy atom. The van der Waals surface area contributed by atoms with E-state index in [1.165, 1.54) is 10.9 Å². The zero-order valence-corrected chi connectivity index (χ0v) is 15.3. The van der Waals surface area contributed by atoms with Crippen molar-refractivity contribution in [2.75, 3.05) is 5.32 Å². The van der Waals surface area contributed by atoms with Gasteiger partial charge >= 0.3 is 0 Å². The molecule has 4 heterocycles. The maximum Gasteiger partial charge on any atom is 0.135 e. The number of para-hydroxylation sites is 1. The Morgan fingerprint density at radius 1 is 0.821 bits per heavy atom. The number of H-pyrrole nitrogens is 1. The molecule has 0 fully saturated rings. The van der Waals surface area contributed by atoms with Gasteiger partial charge in [0.05, 0.1) is 23.3 Å². The number of pyridine rings is 2. The van der Waals surface area contributed by atoms with Crippen molar-refractivity contribution in [3.05, 3.63) is 77.7 Å². The fraction of sp³-hybridized carbons (Fsp3) is 0.0870. The number of fused-ring (bicyclic) bond motifs is 7. The van der Waals surface area contributed by atoms with E-state index in [9.17, 15) is 0 Å². The zero-order chi connectivity index (χ0) is 18.7. The van der Waals surface area contributed by atoms with Crippen molar-refractivity contribution in [1.29, 1.82) is 0 Å². The number of aromatic amines is 1. The summed E-state index contributed by atoms with van der Waals surface area (Å²) >= 11 is 0. The third-order valence-electron chi connectivity index (χ3n) is 5.51. The van der Waals surface area contributed by atoms with E-state index in [1.54, 1.807) is 0 Å². The van der Waals surface area contributed by atoms with Crippen LogP contribution in [0.1, 0.15) is 16.8 Å². The van der Waals surface area contributed by atoms with Gasteiger partial charge in [-0.2, -0.15) is 0 Å². The third-order valence-corrected chi connectivity index (χ3v) is 5.51. The summed E-state index contributed by atoms with van der Waals surface area (Å²) in [6, 6.07) is 16.5. The SMILES string of the molecule is Cc1[nH]c2ccccc2c1C1=NCc2c(c3cccnc3c3ncccc23)N1. The maximum atomic E-state index is 4.92. The number of hydrogen-bond donors (Lipinski definition) is 2. The molecule has 1 aliphatic heterocycles. The Bertz CT molecular complexity index is 1430. The highest BCUT2D eigenvalue weighted by Gasteiger charge is 2.23. The summed E-state index contributed by atoms with van der Waals surface area (Å²) in [4.78, 5) is 17.6. The number of anilines is 1. The first-order valence-corrected chi connectivity index (χ1v) is 9.35. The number of benzene rings is 2. The van der Waals surface area contributed by atoms with Crippen molar-refractivity contribution >= 4 is 44.2 Å². The predicted molar refractivity (Wildman–Crippen MR) is 114 cm³/mol. The predicted octanol–water partition coefficient (Wildman–Crippen LogP) is 4.95. The van der Waals surface area contributed by atoms with Crippen molar-refractivity contribution in [1.82, 2.24) is 15.0 Å². The number of aliphatic imine (C=N–C) groups is 1. The minimum Gasteiger partial charge on any atom is -0.358 e. The van der Waals surface area contributed by atoms with Crippen LogP contribution < -0.4 is 5.32 Å². The summed E-state index contributed by atoms with van der Waals surface area (Å²) in [6.45, 7) is 2.71. The van der Waals surface area contributed by atoms with Crippen molar-refractivity contribution in [2.24, 2.45) is 4.99 Å². The van der Waals surface area contributed by atoms with Gasteiger partial charge in [0.1, 0.15) is 5.84 Å². The Labute approximate surface area is 161 Å². The molecule has 6 rings (SSSR count). The van der Waals surface area contributed by atoms with Gasteiger partial charge in [0.2, 0.25) is 0 Å². The van der Waals surface area contributed by atoms with E-state index in [0.717, 1.165) is 50.1 Å². The number of amidine groups is 1. The lowest BCUT2D eigenvalue weighted by molar-refractivity contribution is 1.06. The van der Waals surface area contributed by atoms with Gasteiger partial charge in [-0.1, -0.05) is 24.3 Å². The van der Waals surface area contributed by atoms with E-state index in [0.29, 0.717) is 6.54 Å². The minimum absolute atomic E-state index is 0.615. The monoisotopic (exact) mass is 363 g/mol. The summed E-state index contributed by atoms with van der Waals surface area (Å²) in [5.74, 6) is 0.899. The molecule has 1 aliphatic rings. The molecule has 0 radical (unpaired) electrons. The molecule has 3 aromatic heterocycles. The molecule has 0 aliphatic carbocycles. The Hall–Kier alpha value is -3.73. The number of nitrogens with zero attached hydrogens (tertiary/aromatic N) is 3. The smallest absolute Gasteiger partial charge is 0.135 e. The highest BCUT2D eigenvalue weighted by Crippen LogP contribution is 2.37. The highest BCUT2D eigenvalue weighted by atomic mass is 15.0. The lowest BCUT2D eigenvalue weighted by Crippen LogP contribution is -2.20. The number of aryl methyl sites for hydroxylation is 1. The highest BCUT2D eigenvalue weighted by molar-refractivity contribution is 6.22. The van der Waals surface area contributed by atoms with Crippen molar-refractivity contribution in [3.63, 3.8) is 0 Å². The first kappa shape index (κ1) is 15.3. The lowest BCUT2D eigenvalue weighted by Gasteiger charge is -2.22. The summed E-state index contributed by atoms with van der Waals surface area (Å²) < 4.78 is 0. The summed E-state index contributed by atoms with van der Waals surface area (Å²) in [5.41, 5.74) is 7.47. The van der Waals surface area contributed by atoms with Gasteiger partial charge < -0.3 is 10.3 Å². The first-order chi connectivity index (χ1) is 13.8. The van der Waals surface area contributed by atoms with Crippen LogP contribution in [0.2, 0.25) is 0 Å². The number of hydrogen-bond acceptors (Lipinski definition) is 4. The third kappa shape index (κ3) is 2.04. The average Bonchev–Trinajstić information content (AvgIpc) is 3.09. The van der Waals surface area contributed by atoms with Crippen LogP contribution in [0.3, 0.4) is 0 Å². The Kier molecular flexibility index (Phi) is 3.09. The summed E-state index contributed by atoms with van der Waals surface area (Å²) in [6.07, 6.45) is 3.65. The van der Waals surface area contributed by atoms with Gasteiger partial charge in [-0.3, -0.25) is 15.0 Å². The largest absolute Gasteiger partial charge is 0.358 e. The van der Waals surface area contributed by atoms with Crippen LogP contribution in [-0.2, 0) is 6.54 Å². The summed E-state index contributed by atoms with van der Waals surface area (Å²) in [5, 5.41) is 6.99. The molecule has 0 bridgehead atoms. The van der Waals surface area contributed by atoms with E-state index >= 15 is 0 Å². The van der Waals surface area contributed by atoms with Crippen LogP contribution in [0.4, 0.5) is 5.69 Å². The van der Waals surface area contributed by atoms with Crippen LogP contribution >= 0.6 is 0 Å². The maximum absolute atomic E-state index is 4.92. The van der Waals surface area contributed by atoms with Crippen LogP contribution in [0, 0.1) is 6.92 Å². The van der Waals surface area contributed by atoms with Gasteiger partial charge in [-0.05, 0) is 31.2 Å². The van der Waals surface area contributed by atoms with Gasteiger partial charge in [-0.15, -0.1) is 0 Å². The van der Waals surface area contributed by atoms with Gasteiger partial charge in [0.25, 0.3) is 0 Å². The van der Waals surface area contributed by atoms with Crippen molar-refractivity contribution in [2.45, 2.75) is 13.5 Å². The standard InChI is InChI=1S/C23H17N5/c1-13-19(15-6-2-3-9-18(15)27-13)23-26-12-17-14-7-4-10-24-21(14)22-16(20(17)28-23)8-5-11-25-22/h2-11,27H,12H2,1H3,(H,26,28). The first-order valence-electron chi connectivity index (χ1n) is 9.35. The zero-order valence-electron chi connectivity index (χ0n) is 15.3. The second-order valence-corrected chi connectivity index (χ2v) is 7.11. The molecule has 0 saturated heterocycles. The molecular weight excluding hydrogens is 346 g/mol. The number of aromatic nitrogens is 3. The van der Waals surface area contributed by atoms with Crippen LogP contribution in [0.5, 0.6) is 0 Å². The van der Waals surface area contributed by atoms with E-state index in [4.69, 9.17) is 4.99 Å². The molecule has 5 nitrogen and oxygen atoms in total. The fourth-order valence-corrected chi connectivity index (χ4v) is 4.28. The molecule has 0 saturated carbocycles. The van der Waals surface area contributed by atoms with Gasteiger partial charge in [0.15, 0.2) is 0 Å². The molecule has 0 unspecified atom stereocenters.